The smallest absolute Gasteiger partial charge is 0.325 e. The Bertz CT molecular complexity index is 690. The minimum Gasteiger partial charge on any atom is -0.342 e. The molecule has 0 atom stereocenters. The number of piperidine rings is 1. The highest BCUT2D eigenvalue weighted by Crippen LogP contribution is 2.34. The summed E-state index contributed by atoms with van der Waals surface area (Å²) in [4.78, 5) is 40.4. The minimum atomic E-state index is -0.830. The normalized spacial score (nSPS) is 19.8. The van der Waals surface area contributed by atoms with Gasteiger partial charge in [0, 0.05) is 19.6 Å². The Morgan fingerprint density at radius 2 is 1.96 bits per heavy atom. The van der Waals surface area contributed by atoms with Crippen LogP contribution in [0.3, 0.4) is 0 Å². The fourth-order valence-electron chi connectivity index (χ4n) is 3.51. The molecule has 0 unspecified atom stereocenters. The highest BCUT2D eigenvalue weighted by molar-refractivity contribution is 6.07. The van der Waals surface area contributed by atoms with Gasteiger partial charge in [0.05, 0.1) is 6.42 Å². The molecule has 3 heterocycles. The van der Waals surface area contributed by atoms with Crippen LogP contribution in [0.25, 0.3) is 0 Å². The molecular formula is C16H23N5O4. The molecule has 1 aromatic heterocycles. The lowest BCUT2D eigenvalue weighted by Crippen LogP contribution is -2.58. The lowest BCUT2D eigenvalue weighted by atomic mass is 9.85. The average Bonchev–Trinajstić information content (AvgIpc) is 3.05. The number of likely N-dealkylation sites (tertiary alicyclic amines) is 1. The third kappa shape index (κ3) is 3.10. The molecule has 3 rings (SSSR count). The van der Waals surface area contributed by atoms with E-state index in [4.69, 9.17) is 0 Å². The van der Waals surface area contributed by atoms with Gasteiger partial charge in [-0.05, 0) is 25.7 Å². The van der Waals surface area contributed by atoms with Crippen molar-refractivity contribution in [1.29, 1.82) is 0 Å². The number of nitrogens with zero attached hydrogens (tertiary/aromatic N) is 4. The van der Waals surface area contributed by atoms with Crippen molar-refractivity contribution >= 4 is 17.8 Å². The van der Waals surface area contributed by atoms with E-state index in [9.17, 15) is 14.4 Å². The Labute approximate surface area is 145 Å². The van der Waals surface area contributed by atoms with E-state index in [1.807, 2.05) is 13.8 Å². The Kier molecular flexibility index (Phi) is 4.49. The largest absolute Gasteiger partial charge is 0.342 e. The van der Waals surface area contributed by atoms with Gasteiger partial charge in [-0.25, -0.2) is 9.42 Å². The molecule has 2 fully saturated rings. The van der Waals surface area contributed by atoms with Gasteiger partial charge >= 0.3 is 6.03 Å². The van der Waals surface area contributed by atoms with Crippen LogP contribution in [-0.2, 0) is 16.0 Å². The maximum atomic E-state index is 12.5. The van der Waals surface area contributed by atoms with Crippen LogP contribution in [-0.4, -0.2) is 63.1 Å². The number of hydrogen-bond acceptors (Lipinski definition) is 6. The number of hydrogen-bond donors (Lipinski definition) is 1. The lowest BCUT2D eigenvalue weighted by Gasteiger charge is -2.42. The summed E-state index contributed by atoms with van der Waals surface area (Å²) in [6, 6.07) is -0.331. The standard InChI is InChI=1S/C16H23N5O4/c1-10(2)9-21-15(24)17-14(23)16(21)4-6-20(7-5-16)13(22)8-12-11(3)18-25-19-12/h10H,4-9H2,1-3H3,(H,17,23,24). The van der Waals surface area contributed by atoms with E-state index in [2.05, 4.69) is 20.3 Å². The van der Waals surface area contributed by atoms with E-state index >= 15 is 0 Å². The molecule has 2 aliphatic rings. The zero-order valence-corrected chi connectivity index (χ0v) is 14.7. The number of aromatic nitrogens is 2. The van der Waals surface area contributed by atoms with Crippen molar-refractivity contribution in [2.75, 3.05) is 19.6 Å². The number of nitrogens with one attached hydrogen (secondary N) is 1. The maximum Gasteiger partial charge on any atom is 0.325 e. The number of rotatable bonds is 4. The number of carbonyl (C=O) groups excluding carboxylic acids is 3. The Morgan fingerprint density at radius 3 is 2.52 bits per heavy atom. The van der Waals surface area contributed by atoms with Crippen molar-refractivity contribution in [1.82, 2.24) is 25.4 Å². The zero-order chi connectivity index (χ0) is 18.2. The van der Waals surface area contributed by atoms with Crippen LogP contribution in [0.4, 0.5) is 4.79 Å². The second kappa shape index (κ2) is 6.45. The molecule has 9 heteroatoms. The number of imide groups is 1. The summed E-state index contributed by atoms with van der Waals surface area (Å²) in [5, 5.41) is 9.85. The summed E-state index contributed by atoms with van der Waals surface area (Å²) in [6.45, 7) is 7.14. The third-order valence-corrected chi connectivity index (χ3v) is 4.96. The second-order valence-electron chi connectivity index (χ2n) is 7.15. The molecule has 0 radical (unpaired) electrons. The van der Waals surface area contributed by atoms with E-state index in [-0.39, 0.29) is 30.2 Å². The van der Waals surface area contributed by atoms with Gasteiger partial charge in [0.1, 0.15) is 16.9 Å². The highest BCUT2D eigenvalue weighted by Gasteiger charge is 2.54. The molecule has 4 amide bonds. The van der Waals surface area contributed by atoms with Crippen molar-refractivity contribution in [3.63, 3.8) is 0 Å². The first kappa shape index (κ1) is 17.4. The molecule has 0 aliphatic carbocycles. The van der Waals surface area contributed by atoms with Gasteiger partial charge in [-0.15, -0.1) is 0 Å². The van der Waals surface area contributed by atoms with Crippen molar-refractivity contribution < 1.29 is 19.0 Å². The van der Waals surface area contributed by atoms with E-state index < -0.39 is 5.54 Å². The summed E-state index contributed by atoms with van der Waals surface area (Å²) >= 11 is 0. The van der Waals surface area contributed by atoms with Crippen LogP contribution in [0, 0.1) is 12.8 Å². The van der Waals surface area contributed by atoms with Gasteiger partial charge in [0.15, 0.2) is 0 Å². The van der Waals surface area contributed by atoms with Gasteiger partial charge in [-0.1, -0.05) is 24.2 Å². The van der Waals surface area contributed by atoms with E-state index in [1.54, 1.807) is 16.7 Å². The summed E-state index contributed by atoms with van der Waals surface area (Å²) < 4.78 is 4.62. The number of amides is 4. The third-order valence-electron chi connectivity index (χ3n) is 4.96. The summed E-state index contributed by atoms with van der Waals surface area (Å²) in [6.07, 6.45) is 1.02. The van der Waals surface area contributed by atoms with E-state index in [1.165, 1.54) is 0 Å². The minimum absolute atomic E-state index is 0.0752. The molecular weight excluding hydrogens is 326 g/mol. The van der Waals surface area contributed by atoms with E-state index in [0.29, 0.717) is 43.9 Å². The molecule has 2 aliphatic heterocycles. The molecule has 9 nitrogen and oxygen atoms in total. The van der Waals surface area contributed by atoms with Crippen molar-refractivity contribution in [2.45, 2.75) is 45.6 Å². The maximum absolute atomic E-state index is 12.5. The fourth-order valence-corrected chi connectivity index (χ4v) is 3.51. The predicted molar refractivity (Wildman–Crippen MR) is 86.4 cm³/mol. The van der Waals surface area contributed by atoms with Crippen molar-refractivity contribution in [3.05, 3.63) is 11.4 Å². The Hall–Kier alpha value is -2.45. The summed E-state index contributed by atoms with van der Waals surface area (Å²) in [5.74, 6) is -0.0635. The quantitative estimate of drug-likeness (QED) is 0.793. The SMILES string of the molecule is Cc1nonc1CC(=O)N1CCC2(CC1)C(=O)NC(=O)N2CC(C)C. The molecule has 0 aromatic carbocycles. The first-order chi connectivity index (χ1) is 11.8. The van der Waals surface area contributed by atoms with Crippen LogP contribution in [0.2, 0.25) is 0 Å². The Morgan fingerprint density at radius 1 is 1.28 bits per heavy atom. The lowest BCUT2D eigenvalue weighted by molar-refractivity contribution is -0.137. The number of aryl methyl sites for hydroxylation is 1. The van der Waals surface area contributed by atoms with Gasteiger partial charge in [0.25, 0.3) is 5.91 Å². The fraction of sp³-hybridized carbons (Fsp3) is 0.688. The molecule has 0 saturated carbocycles. The molecule has 1 N–H and O–H groups in total. The van der Waals surface area contributed by atoms with Gasteiger partial charge in [-0.2, -0.15) is 0 Å². The van der Waals surface area contributed by atoms with Crippen LogP contribution in [0.1, 0.15) is 38.1 Å². The molecule has 1 spiro atoms. The highest BCUT2D eigenvalue weighted by atomic mass is 16.6. The van der Waals surface area contributed by atoms with Crippen LogP contribution in [0.15, 0.2) is 4.63 Å². The second-order valence-corrected chi connectivity index (χ2v) is 7.15. The first-order valence-corrected chi connectivity index (χ1v) is 8.52. The first-order valence-electron chi connectivity index (χ1n) is 8.52. The topological polar surface area (TPSA) is 109 Å². The molecule has 2 saturated heterocycles. The summed E-state index contributed by atoms with van der Waals surface area (Å²) in [7, 11) is 0. The summed E-state index contributed by atoms with van der Waals surface area (Å²) in [5.41, 5.74) is 0.301. The number of urea groups is 1. The van der Waals surface area contributed by atoms with Crippen LogP contribution >= 0.6 is 0 Å². The molecule has 0 bridgehead atoms. The van der Waals surface area contributed by atoms with Gasteiger partial charge < -0.3 is 9.80 Å². The average molecular weight is 349 g/mol. The van der Waals surface area contributed by atoms with Gasteiger partial charge in [-0.3, -0.25) is 14.9 Å². The molecule has 136 valence electrons. The van der Waals surface area contributed by atoms with Gasteiger partial charge in [0.2, 0.25) is 5.91 Å². The van der Waals surface area contributed by atoms with Crippen LogP contribution in [0.5, 0.6) is 0 Å². The van der Waals surface area contributed by atoms with Crippen molar-refractivity contribution in [2.24, 2.45) is 5.92 Å². The Balaban J connectivity index is 1.67. The van der Waals surface area contributed by atoms with E-state index in [0.717, 1.165) is 0 Å². The van der Waals surface area contributed by atoms with Crippen LogP contribution < -0.4 is 5.32 Å². The van der Waals surface area contributed by atoms with Crippen molar-refractivity contribution in [3.8, 4) is 0 Å². The molecule has 25 heavy (non-hydrogen) atoms. The number of carbonyl (C=O) groups is 3. The molecule has 1 aromatic rings. The zero-order valence-electron chi connectivity index (χ0n) is 14.7. The predicted octanol–water partition coefficient (Wildman–Crippen LogP) is 0.490. The monoisotopic (exact) mass is 349 g/mol.